The molecule has 4 heteroatoms. The molecule has 0 bridgehead atoms. The van der Waals surface area contributed by atoms with Gasteiger partial charge in [-0.3, -0.25) is 0 Å². The van der Waals surface area contributed by atoms with Crippen LogP contribution >= 0.6 is 0 Å². The summed E-state index contributed by atoms with van der Waals surface area (Å²) in [5.74, 6) is 2.33. The summed E-state index contributed by atoms with van der Waals surface area (Å²) >= 11 is 0. The molecule has 2 unspecified atom stereocenters. The van der Waals surface area contributed by atoms with Crippen LogP contribution in [0, 0.1) is 5.92 Å². The Bertz CT molecular complexity index is 422. The molecule has 2 aliphatic heterocycles. The molecule has 1 fully saturated rings. The molecule has 0 aromatic heterocycles. The van der Waals surface area contributed by atoms with Crippen LogP contribution in [0.3, 0.4) is 0 Å². The van der Waals surface area contributed by atoms with Gasteiger partial charge in [0.2, 0.25) is 0 Å². The Kier molecular flexibility index (Phi) is 3.39. The number of ether oxygens (including phenoxy) is 2. The third-order valence-corrected chi connectivity index (χ3v) is 3.86. The van der Waals surface area contributed by atoms with Gasteiger partial charge in [0.05, 0.1) is 0 Å². The van der Waals surface area contributed by atoms with Crippen molar-refractivity contribution in [2.24, 2.45) is 11.7 Å². The summed E-state index contributed by atoms with van der Waals surface area (Å²) < 4.78 is 11.1. The van der Waals surface area contributed by atoms with Crippen LogP contribution in [0.25, 0.3) is 0 Å². The molecule has 0 aliphatic carbocycles. The highest BCUT2D eigenvalue weighted by molar-refractivity contribution is 5.44. The number of hydrogen-bond donors (Lipinski definition) is 2. The molecule has 0 radical (unpaired) electrons. The van der Waals surface area contributed by atoms with Gasteiger partial charge in [-0.15, -0.1) is 0 Å². The Balaban J connectivity index is 1.72. The highest BCUT2D eigenvalue weighted by Gasteiger charge is 2.25. The molecule has 4 nitrogen and oxygen atoms in total. The van der Waals surface area contributed by atoms with Crippen LogP contribution in [-0.4, -0.2) is 32.3 Å². The molecule has 2 aliphatic rings. The first-order chi connectivity index (χ1) is 8.86. The van der Waals surface area contributed by atoms with Gasteiger partial charge in [0.1, 0.15) is 13.2 Å². The van der Waals surface area contributed by atoms with E-state index in [4.69, 9.17) is 15.2 Å². The van der Waals surface area contributed by atoms with E-state index in [1.165, 1.54) is 12.0 Å². The van der Waals surface area contributed by atoms with Crippen molar-refractivity contribution >= 4 is 0 Å². The molecular weight excluding hydrogens is 228 g/mol. The zero-order valence-electron chi connectivity index (χ0n) is 10.5. The quantitative estimate of drug-likeness (QED) is 0.836. The van der Waals surface area contributed by atoms with Gasteiger partial charge < -0.3 is 20.5 Å². The first-order valence-electron chi connectivity index (χ1n) is 6.69. The molecule has 98 valence electrons. The number of rotatable bonds is 3. The molecule has 2 atom stereocenters. The van der Waals surface area contributed by atoms with Crippen molar-refractivity contribution in [1.82, 2.24) is 5.32 Å². The smallest absolute Gasteiger partial charge is 0.161 e. The summed E-state index contributed by atoms with van der Waals surface area (Å²) in [6.45, 7) is 3.13. The van der Waals surface area contributed by atoms with E-state index in [2.05, 4.69) is 17.4 Å². The van der Waals surface area contributed by atoms with E-state index >= 15 is 0 Å². The van der Waals surface area contributed by atoms with Gasteiger partial charge in [0.15, 0.2) is 11.5 Å². The van der Waals surface area contributed by atoms with Crippen LogP contribution in [0.4, 0.5) is 0 Å². The Hall–Kier alpha value is -1.26. The standard InChI is InChI=1S/C14H20N2O2/c15-9-11-3-4-16-12(11)7-10-1-2-13-14(8-10)18-6-5-17-13/h1-2,8,11-12,16H,3-7,9,15H2. The number of nitrogens with one attached hydrogen (secondary N) is 1. The molecule has 18 heavy (non-hydrogen) atoms. The van der Waals surface area contributed by atoms with E-state index < -0.39 is 0 Å². The topological polar surface area (TPSA) is 56.5 Å². The van der Waals surface area contributed by atoms with E-state index in [0.29, 0.717) is 25.2 Å². The van der Waals surface area contributed by atoms with Gasteiger partial charge in [-0.05, 0) is 49.5 Å². The molecule has 1 saturated heterocycles. The summed E-state index contributed by atoms with van der Waals surface area (Å²) in [5.41, 5.74) is 7.09. The van der Waals surface area contributed by atoms with Crippen molar-refractivity contribution in [2.45, 2.75) is 18.9 Å². The third kappa shape index (κ3) is 2.31. The summed E-state index contributed by atoms with van der Waals surface area (Å²) in [6, 6.07) is 6.73. The maximum absolute atomic E-state index is 5.80. The normalized spacial score (nSPS) is 26.3. The van der Waals surface area contributed by atoms with Crippen molar-refractivity contribution in [3.63, 3.8) is 0 Å². The fourth-order valence-corrected chi connectivity index (χ4v) is 2.81. The minimum Gasteiger partial charge on any atom is -0.486 e. The molecular formula is C14H20N2O2. The fourth-order valence-electron chi connectivity index (χ4n) is 2.81. The lowest BCUT2D eigenvalue weighted by Crippen LogP contribution is -2.33. The van der Waals surface area contributed by atoms with Crippen molar-refractivity contribution < 1.29 is 9.47 Å². The maximum atomic E-state index is 5.80. The average Bonchev–Trinajstić information content (AvgIpc) is 2.86. The Morgan fingerprint density at radius 1 is 1.22 bits per heavy atom. The number of fused-ring (bicyclic) bond motifs is 1. The Labute approximate surface area is 107 Å². The van der Waals surface area contributed by atoms with Crippen LogP contribution in [0.15, 0.2) is 18.2 Å². The largest absolute Gasteiger partial charge is 0.486 e. The van der Waals surface area contributed by atoms with E-state index in [1.54, 1.807) is 0 Å². The molecule has 1 aromatic carbocycles. The summed E-state index contributed by atoms with van der Waals surface area (Å²) in [6.07, 6.45) is 2.20. The van der Waals surface area contributed by atoms with Crippen LogP contribution in [0.1, 0.15) is 12.0 Å². The van der Waals surface area contributed by atoms with Gasteiger partial charge in [-0.1, -0.05) is 6.07 Å². The molecule has 3 N–H and O–H groups in total. The second-order valence-corrected chi connectivity index (χ2v) is 5.03. The number of nitrogens with two attached hydrogens (primary N) is 1. The molecule has 3 rings (SSSR count). The highest BCUT2D eigenvalue weighted by atomic mass is 16.6. The molecule has 1 aromatic rings. The van der Waals surface area contributed by atoms with Crippen molar-refractivity contribution in [1.29, 1.82) is 0 Å². The van der Waals surface area contributed by atoms with Crippen molar-refractivity contribution in [2.75, 3.05) is 26.3 Å². The van der Waals surface area contributed by atoms with Gasteiger partial charge in [-0.2, -0.15) is 0 Å². The van der Waals surface area contributed by atoms with Crippen LogP contribution in [-0.2, 0) is 6.42 Å². The predicted molar refractivity (Wildman–Crippen MR) is 70.1 cm³/mol. The minimum atomic E-state index is 0.498. The summed E-state index contributed by atoms with van der Waals surface area (Å²) in [5, 5.41) is 3.53. The summed E-state index contributed by atoms with van der Waals surface area (Å²) in [4.78, 5) is 0. The van der Waals surface area contributed by atoms with Crippen LogP contribution < -0.4 is 20.5 Å². The van der Waals surface area contributed by atoms with Crippen molar-refractivity contribution in [3.8, 4) is 11.5 Å². The van der Waals surface area contributed by atoms with E-state index in [0.717, 1.165) is 31.0 Å². The first-order valence-corrected chi connectivity index (χ1v) is 6.69. The number of benzene rings is 1. The SMILES string of the molecule is NCC1CCNC1Cc1ccc2c(c1)OCCO2. The lowest BCUT2D eigenvalue weighted by molar-refractivity contribution is 0.171. The second kappa shape index (κ2) is 5.16. The van der Waals surface area contributed by atoms with E-state index in [1.807, 2.05) is 6.07 Å². The molecule has 0 amide bonds. The Morgan fingerprint density at radius 2 is 2.06 bits per heavy atom. The van der Waals surface area contributed by atoms with E-state index in [-0.39, 0.29) is 0 Å². The minimum absolute atomic E-state index is 0.498. The third-order valence-electron chi connectivity index (χ3n) is 3.86. The van der Waals surface area contributed by atoms with Crippen molar-refractivity contribution in [3.05, 3.63) is 23.8 Å². The average molecular weight is 248 g/mol. The first kappa shape index (κ1) is 11.8. The van der Waals surface area contributed by atoms with E-state index in [9.17, 15) is 0 Å². The number of hydrogen-bond acceptors (Lipinski definition) is 4. The highest BCUT2D eigenvalue weighted by Crippen LogP contribution is 2.31. The van der Waals surface area contributed by atoms with Gasteiger partial charge in [0.25, 0.3) is 0 Å². The predicted octanol–water partition coefficient (Wildman–Crippen LogP) is 0.937. The second-order valence-electron chi connectivity index (χ2n) is 5.03. The zero-order valence-corrected chi connectivity index (χ0v) is 10.5. The molecule has 0 spiro atoms. The maximum Gasteiger partial charge on any atom is 0.161 e. The summed E-state index contributed by atoms with van der Waals surface area (Å²) in [7, 11) is 0. The van der Waals surface area contributed by atoms with Crippen LogP contribution in [0.2, 0.25) is 0 Å². The molecule has 2 heterocycles. The monoisotopic (exact) mass is 248 g/mol. The lowest BCUT2D eigenvalue weighted by Gasteiger charge is -2.21. The zero-order chi connectivity index (χ0) is 12.4. The Morgan fingerprint density at radius 3 is 2.89 bits per heavy atom. The van der Waals surface area contributed by atoms with Gasteiger partial charge in [0, 0.05) is 6.04 Å². The molecule has 0 saturated carbocycles. The van der Waals surface area contributed by atoms with Gasteiger partial charge >= 0.3 is 0 Å². The van der Waals surface area contributed by atoms with Gasteiger partial charge in [-0.25, -0.2) is 0 Å². The fraction of sp³-hybridized carbons (Fsp3) is 0.571. The lowest BCUT2D eigenvalue weighted by atomic mass is 9.94. The van der Waals surface area contributed by atoms with Crippen LogP contribution in [0.5, 0.6) is 11.5 Å².